The quantitative estimate of drug-likeness (QED) is 0.451. The van der Waals surface area contributed by atoms with E-state index in [-0.39, 0.29) is 5.82 Å². The van der Waals surface area contributed by atoms with E-state index in [1.165, 1.54) is 56.2 Å². The number of nitrogens with one attached hydrogen (secondary N) is 2. The Hall–Kier alpha value is -0.910. The first-order valence-electron chi connectivity index (χ1n) is 11.0. The molecular formula is C24H39FN2OS. The van der Waals surface area contributed by atoms with Crippen molar-refractivity contribution in [1.82, 2.24) is 10.0 Å². The molecule has 164 valence electrons. The van der Waals surface area contributed by atoms with Crippen LogP contribution in [0.5, 0.6) is 0 Å². The Balaban J connectivity index is 0.000000207. The van der Waals surface area contributed by atoms with Gasteiger partial charge in [-0.15, -0.1) is 0 Å². The van der Waals surface area contributed by atoms with E-state index in [1.54, 1.807) is 19.9 Å². The Morgan fingerprint density at radius 3 is 2.55 bits per heavy atom. The van der Waals surface area contributed by atoms with Crippen LogP contribution < -0.4 is 10.0 Å². The smallest absolute Gasteiger partial charge is 0.140 e. The van der Waals surface area contributed by atoms with Gasteiger partial charge >= 0.3 is 0 Å². The molecule has 2 aliphatic carbocycles. The van der Waals surface area contributed by atoms with Crippen LogP contribution in [-0.2, 0) is 4.79 Å². The molecule has 5 atom stereocenters. The second-order valence-electron chi connectivity index (χ2n) is 9.61. The zero-order chi connectivity index (χ0) is 21.6. The van der Waals surface area contributed by atoms with Gasteiger partial charge in [-0.1, -0.05) is 20.3 Å². The molecule has 1 aromatic rings. The second-order valence-corrected chi connectivity index (χ2v) is 10.5. The van der Waals surface area contributed by atoms with Gasteiger partial charge in [-0.2, -0.15) is 0 Å². The second kappa shape index (κ2) is 10.9. The maximum Gasteiger partial charge on any atom is 0.140 e. The molecule has 0 spiro atoms. The van der Waals surface area contributed by atoms with E-state index in [1.807, 2.05) is 6.92 Å². The molecule has 2 N–H and O–H groups in total. The summed E-state index contributed by atoms with van der Waals surface area (Å²) in [5, 5.41) is 3.58. The third kappa shape index (κ3) is 7.08. The number of hydrogen-bond acceptors (Lipinski definition) is 4. The minimum Gasteiger partial charge on any atom is -0.316 e. The molecule has 2 bridgehead atoms. The third-order valence-electron chi connectivity index (χ3n) is 6.44. The van der Waals surface area contributed by atoms with Crippen LogP contribution >= 0.6 is 11.9 Å². The first-order valence-corrected chi connectivity index (χ1v) is 11.8. The van der Waals surface area contributed by atoms with Gasteiger partial charge in [0.05, 0.1) is 5.54 Å². The van der Waals surface area contributed by atoms with Crippen LogP contribution in [0, 0.1) is 36.4 Å². The highest BCUT2D eigenvalue weighted by molar-refractivity contribution is 7.97. The fraction of sp³-hybridized carbons (Fsp3) is 0.708. The molecule has 2 fully saturated rings. The number of aryl methyl sites for hydroxylation is 1. The van der Waals surface area contributed by atoms with Gasteiger partial charge in [0.2, 0.25) is 0 Å². The average molecular weight is 423 g/mol. The van der Waals surface area contributed by atoms with Crippen LogP contribution in [0.25, 0.3) is 0 Å². The molecule has 0 amide bonds. The van der Waals surface area contributed by atoms with E-state index in [4.69, 9.17) is 0 Å². The third-order valence-corrected chi connectivity index (χ3v) is 7.75. The van der Waals surface area contributed by atoms with Crippen LogP contribution in [0.1, 0.15) is 65.4 Å². The summed E-state index contributed by atoms with van der Waals surface area (Å²) in [7, 11) is 2.16. The lowest BCUT2D eigenvalue weighted by atomic mass is 9.62. The van der Waals surface area contributed by atoms with E-state index >= 15 is 0 Å². The van der Waals surface area contributed by atoms with E-state index in [0.29, 0.717) is 0 Å². The average Bonchev–Trinajstić information content (AvgIpc) is 2.67. The molecule has 5 unspecified atom stereocenters. The molecule has 0 saturated heterocycles. The molecule has 3 rings (SSSR count). The van der Waals surface area contributed by atoms with Gasteiger partial charge in [0.25, 0.3) is 0 Å². The highest BCUT2D eigenvalue weighted by Crippen LogP contribution is 2.45. The highest BCUT2D eigenvalue weighted by Gasteiger charge is 2.40. The zero-order valence-corrected chi connectivity index (χ0v) is 19.7. The maximum atomic E-state index is 12.8. The van der Waals surface area contributed by atoms with Crippen molar-refractivity contribution in [3.8, 4) is 0 Å². The van der Waals surface area contributed by atoms with Gasteiger partial charge in [-0.05, 0) is 113 Å². The van der Waals surface area contributed by atoms with Gasteiger partial charge < -0.3 is 10.1 Å². The van der Waals surface area contributed by atoms with E-state index in [9.17, 15) is 9.18 Å². The van der Waals surface area contributed by atoms with Crippen LogP contribution in [0.15, 0.2) is 23.1 Å². The van der Waals surface area contributed by atoms with Crippen molar-refractivity contribution in [2.45, 2.75) is 83.2 Å². The van der Waals surface area contributed by atoms with Crippen molar-refractivity contribution in [2.24, 2.45) is 23.7 Å². The molecule has 3 nitrogen and oxygen atoms in total. The van der Waals surface area contributed by atoms with Crippen LogP contribution in [0.4, 0.5) is 4.39 Å². The number of hydrogen-bond donors (Lipinski definition) is 2. The standard InChI is InChI=1S/C13H25N.C11H14FNOS/c1-4-11-7-10-5-9(2)6-12(8-10)13(11)14-3;1-8-6-9(12)4-5-10(8)15-13-11(2,3)7-14/h9-14H,4-8H2,1-3H3;4-7,13H,1-3H3. The van der Waals surface area contributed by atoms with Crippen LogP contribution in [-0.4, -0.2) is 24.9 Å². The van der Waals surface area contributed by atoms with Gasteiger partial charge in [0, 0.05) is 10.9 Å². The van der Waals surface area contributed by atoms with Gasteiger partial charge in [0.15, 0.2) is 0 Å². The number of halogens is 1. The summed E-state index contributed by atoms with van der Waals surface area (Å²) in [5.74, 6) is 3.72. The Labute approximate surface area is 181 Å². The molecule has 5 heteroatoms. The highest BCUT2D eigenvalue weighted by atomic mass is 32.2. The summed E-state index contributed by atoms with van der Waals surface area (Å²) in [6.45, 7) is 10.2. The number of carbonyl (C=O) groups excluding carboxylic acids is 1. The van der Waals surface area contributed by atoms with E-state index in [2.05, 4.69) is 30.9 Å². The predicted octanol–water partition coefficient (Wildman–Crippen LogP) is 5.77. The SMILES string of the molecule is CCC1CC2CC(C)CC(C2)C1NC.Cc1cc(F)ccc1SNC(C)(C)C=O. The molecule has 2 aliphatic rings. The van der Waals surface area contributed by atoms with Gasteiger partial charge in [-0.3, -0.25) is 0 Å². The Morgan fingerprint density at radius 1 is 1.24 bits per heavy atom. The Kier molecular flexibility index (Phi) is 9.17. The minimum atomic E-state index is -0.578. The van der Waals surface area contributed by atoms with Crippen LogP contribution in [0.2, 0.25) is 0 Å². The predicted molar refractivity (Wildman–Crippen MR) is 122 cm³/mol. The number of aldehydes is 1. The molecule has 1 aromatic carbocycles. The van der Waals surface area contributed by atoms with Crippen molar-refractivity contribution < 1.29 is 9.18 Å². The number of carbonyl (C=O) groups is 1. The molecular weight excluding hydrogens is 383 g/mol. The fourth-order valence-electron chi connectivity index (χ4n) is 5.08. The van der Waals surface area contributed by atoms with E-state index in [0.717, 1.165) is 46.5 Å². The van der Waals surface area contributed by atoms with Crippen molar-refractivity contribution in [3.63, 3.8) is 0 Å². The molecule has 2 saturated carbocycles. The summed E-state index contributed by atoms with van der Waals surface area (Å²) in [5.41, 5.74) is 0.278. The molecule has 0 heterocycles. The Bertz CT molecular complexity index is 664. The molecule has 0 radical (unpaired) electrons. The number of benzene rings is 1. The normalized spacial score (nSPS) is 29.0. The van der Waals surface area contributed by atoms with Crippen molar-refractivity contribution in [2.75, 3.05) is 7.05 Å². The first-order chi connectivity index (χ1) is 13.7. The topological polar surface area (TPSA) is 41.1 Å². The maximum absolute atomic E-state index is 12.8. The first kappa shape index (κ1) is 24.4. The summed E-state index contributed by atoms with van der Waals surface area (Å²) < 4.78 is 15.8. The van der Waals surface area contributed by atoms with Crippen LogP contribution in [0.3, 0.4) is 0 Å². The summed E-state index contributed by atoms with van der Waals surface area (Å²) >= 11 is 1.34. The summed E-state index contributed by atoms with van der Waals surface area (Å²) in [6, 6.07) is 5.39. The molecule has 0 aromatic heterocycles. The van der Waals surface area contributed by atoms with E-state index < -0.39 is 5.54 Å². The lowest BCUT2D eigenvalue weighted by Gasteiger charge is -2.47. The molecule has 29 heavy (non-hydrogen) atoms. The minimum absolute atomic E-state index is 0.244. The largest absolute Gasteiger partial charge is 0.316 e. The lowest BCUT2D eigenvalue weighted by molar-refractivity contribution is -0.111. The molecule has 0 aliphatic heterocycles. The number of fused-ring (bicyclic) bond motifs is 2. The van der Waals surface area contributed by atoms with Crippen molar-refractivity contribution in [1.29, 1.82) is 0 Å². The zero-order valence-electron chi connectivity index (χ0n) is 18.9. The van der Waals surface area contributed by atoms with Gasteiger partial charge in [0.1, 0.15) is 12.1 Å². The van der Waals surface area contributed by atoms with Crippen molar-refractivity contribution >= 4 is 18.2 Å². The van der Waals surface area contributed by atoms with Crippen molar-refractivity contribution in [3.05, 3.63) is 29.6 Å². The summed E-state index contributed by atoms with van der Waals surface area (Å²) in [6.07, 6.45) is 8.18. The number of rotatable bonds is 6. The lowest BCUT2D eigenvalue weighted by Crippen LogP contribution is -2.48. The van der Waals surface area contributed by atoms with Gasteiger partial charge in [-0.25, -0.2) is 9.11 Å². The summed E-state index contributed by atoms with van der Waals surface area (Å²) in [4.78, 5) is 11.6. The fourth-order valence-corrected chi connectivity index (χ4v) is 5.86. The monoisotopic (exact) mass is 422 g/mol. The Morgan fingerprint density at radius 2 is 1.97 bits per heavy atom.